The van der Waals surface area contributed by atoms with E-state index in [9.17, 15) is 26.4 Å². The molecule has 0 fully saturated rings. The van der Waals surface area contributed by atoms with Crippen molar-refractivity contribution >= 4 is 33.2 Å². The van der Waals surface area contributed by atoms with E-state index >= 15 is 0 Å². The van der Waals surface area contributed by atoms with E-state index in [1.54, 1.807) is 6.92 Å². The van der Waals surface area contributed by atoms with Gasteiger partial charge in [-0.05, 0) is 31.0 Å². The standard InChI is InChI=1S/C15H20ClF3N2O3S/c1-9(2)10(3)20-14(22)8-21(25(4,23)24)11-5-6-13(16)12(7-11)15(17,18)19/h5-7,9-10H,8H2,1-4H3,(H,20,22)/t10-/m0/s1. The fraction of sp³-hybridized carbons (Fsp3) is 0.533. The Morgan fingerprint density at radius 1 is 1.28 bits per heavy atom. The molecule has 0 unspecified atom stereocenters. The molecule has 0 aliphatic rings. The summed E-state index contributed by atoms with van der Waals surface area (Å²) in [5.41, 5.74) is -1.46. The van der Waals surface area contributed by atoms with Crippen LogP contribution in [0.5, 0.6) is 0 Å². The van der Waals surface area contributed by atoms with Crippen LogP contribution in [0.1, 0.15) is 26.3 Å². The molecule has 0 radical (unpaired) electrons. The van der Waals surface area contributed by atoms with Gasteiger partial charge in [0.25, 0.3) is 0 Å². The molecule has 0 saturated carbocycles. The van der Waals surface area contributed by atoms with Gasteiger partial charge in [-0.2, -0.15) is 13.2 Å². The zero-order valence-electron chi connectivity index (χ0n) is 14.2. The van der Waals surface area contributed by atoms with Crippen molar-refractivity contribution in [2.75, 3.05) is 17.1 Å². The Morgan fingerprint density at radius 2 is 1.84 bits per heavy atom. The molecule has 0 aromatic heterocycles. The molecule has 1 amide bonds. The van der Waals surface area contributed by atoms with Crippen LogP contribution in [-0.2, 0) is 21.0 Å². The average molecular weight is 401 g/mol. The molecule has 0 spiro atoms. The molecule has 0 bridgehead atoms. The van der Waals surface area contributed by atoms with E-state index in [0.717, 1.165) is 18.4 Å². The molecular weight excluding hydrogens is 381 g/mol. The summed E-state index contributed by atoms with van der Waals surface area (Å²) in [6, 6.07) is 2.47. The van der Waals surface area contributed by atoms with Gasteiger partial charge < -0.3 is 5.32 Å². The SMILES string of the molecule is CC(C)[C@H](C)NC(=O)CN(c1ccc(Cl)c(C(F)(F)F)c1)S(C)(=O)=O. The monoisotopic (exact) mass is 400 g/mol. The summed E-state index contributed by atoms with van der Waals surface area (Å²) in [6.45, 7) is 4.86. The van der Waals surface area contributed by atoms with Gasteiger partial charge in [0.15, 0.2) is 0 Å². The number of amides is 1. The predicted molar refractivity (Wildman–Crippen MR) is 91.1 cm³/mol. The molecule has 142 valence electrons. The molecule has 1 aromatic rings. The lowest BCUT2D eigenvalue weighted by atomic mass is 10.1. The number of anilines is 1. The molecule has 0 saturated heterocycles. The van der Waals surface area contributed by atoms with Crippen molar-refractivity contribution in [3.63, 3.8) is 0 Å². The van der Waals surface area contributed by atoms with Gasteiger partial charge in [0.05, 0.1) is 22.5 Å². The lowest BCUT2D eigenvalue weighted by Gasteiger charge is -2.25. The minimum Gasteiger partial charge on any atom is -0.352 e. The zero-order chi connectivity index (χ0) is 19.6. The van der Waals surface area contributed by atoms with E-state index in [1.807, 2.05) is 13.8 Å². The van der Waals surface area contributed by atoms with Crippen LogP contribution in [0.25, 0.3) is 0 Å². The zero-order valence-corrected chi connectivity index (χ0v) is 15.8. The third-order valence-electron chi connectivity index (χ3n) is 3.62. The van der Waals surface area contributed by atoms with Crippen LogP contribution >= 0.6 is 11.6 Å². The summed E-state index contributed by atoms with van der Waals surface area (Å²) in [6.07, 6.45) is -3.93. The number of carbonyl (C=O) groups is 1. The maximum Gasteiger partial charge on any atom is 0.417 e. The largest absolute Gasteiger partial charge is 0.417 e. The summed E-state index contributed by atoms with van der Waals surface area (Å²) in [4.78, 5) is 12.1. The van der Waals surface area contributed by atoms with Crippen LogP contribution < -0.4 is 9.62 Å². The molecular formula is C15H20ClF3N2O3S. The van der Waals surface area contributed by atoms with Gasteiger partial charge in [-0.15, -0.1) is 0 Å². The molecule has 0 aliphatic heterocycles. The summed E-state index contributed by atoms with van der Waals surface area (Å²) in [5, 5.41) is 2.06. The Hall–Kier alpha value is -1.48. The molecule has 10 heteroatoms. The van der Waals surface area contributed by atoms with E-state index in [1.165, 1.54) is 0 Å². The number of hydrogen-bond acceptors (Lipinski definition) is 3. The number of benzene rings is 1. The fourth-order valence-electron chi connectivity index (χ4n) is 1.88. The highest BCUT2D eigenvalue weighted by Gasteiger charge is 2.34. The lowest BCUT2D eigenvalue weighted by molar-refractivity contribution is -0.137. The predicted octanol–water partition coefficient (Wildman–Crippen LogP) is 3.29. The molecule has 0 heterocycles. The van der Waals surface area contributed by atoms with Crippen LogP contribution in [0.15, 0.2) is 18.2 Å². The van der Waals surface area contributed by atoms with Gasteiger partial charge in [0.2, 0.25) is 15.9 Å². The summed E-state index contributed by atoms with van der Waals surface area (Å²) >= 11 is 5.54. The smallest absolute Gasteiger partial charge is 0.352 e. The number of halogens is 4. The molecule has 25 heavy (non-hydrogen) atoms. The summed E-state index contributed by atoms with van der Waals surface area (Å²) in [5.74, 6) is -0.502. The minimum absolute atomic E-state index is 0.114. The third kappa shape index (κ3) is 6.07. The Balaban J connectivity index is 3.20. The van der Waals surface area contributed by atoms with Crippen molar-refractivity contribution in [1.82, 2.24) is 5.32 Å². The van der Waals surface area contributed by atoms with Crippen molar-refractivity contribution in [2.45, 2.75) is 33.0 Å². The fourth-order valence-corrected chi connectivity index (χ4v) is 2.96. The highest BCUT2D eigenvalue weighted by molar-refractivity contribution is 7.92. The van der Waals surface area contributed by atoms with Crippen LogP contribution in [-0.4, -0.2) is 33.2 Å². The van der Waals surface area contributed by atoms with Gasteiger partial charge in [-0.3, -0.25) is 9.10 Å². The number of rotatable bonds is 6. The quantitative estimate of drug-likeness (QED) is 0.796. The molecule has 1 rings (SSSR count). The lowest BCUT2D eigenvalue weighted by Crippen LogP contribution is -2.44. The molecule has 1 aromatic carbocycles. The normalized spacial score (nSPS) is 13.6. The number of nitrogens with zero attached hydrogens (tertiary/aromatic N) is 1. The first kappa shape index (κ1) is 21.6. The average Bonchev–Trinajstić information content (AvgIpc) is 2.43. The van der Waals surface area contributed by atoms with E-state index < -0.39 is 39.2 Å². The Morgan fingerprint density at radius 3 is 2.28 bits per heavy atom. The van der Waals surface area contributed by atoms with Crippen molar-refractivity contribution < 1.29 is 26.4 Å². The van der Waals surface area contributed by atoms with Crippen LogP contribution in [0.2, 0.25) is 5.02 Å². The Kier molecular flexibility index (Phi) is 6.74. The molecule has 0 aliphatic carbocycles. The van der Waals surface area contributed by atoms with Crippen molar-refractivity contribution in [3.05, 3.63) is 28.8 Å². The van der Waals surface area contributed by atoms with E-state index in [-0.39, 0.29) is 17.6 Å². The van der Waals surface area contributed by atoms with E-state index in [0.29, 0.717) is 10.4 Å². The first-order valence-electron chi connectivity index (χ1n) is 7.37. The van der Waals surface area contributed by atoms with Gasteiger partial charge in [-0.25, -0.2) is 8.42 Å². The molecule has 1 atom stereocenters. The van der Waals surface area contributed by atoms with Crippen molar-refractivity contribution in [2.24, 2.45) is 5.92 Å². The number of nitrogens with one attached hydrogen (secondary N) is 1. The number of alkyl halides is 3. The van der Waals surface area contributed by atoms with Crippen molar-refractivity contribution in [1.29, 1.82) is 0 Å². The highest BCUT2D eigenvalue weighted by atomic mass is 35.5. The van der Waals surface area contributed by atoms with Gasteiger partial charge in [0.1, 0.15) is 6.54 Å². The first-order valence-corrected chi connectivity index (χ1v) is 9.60. The maximum atomic E-state index is 13.0. The maximum absolute atomic E-state index is 13.0. The van der Waals surface area contributed by atoms with E-state index in [4.69, 9.17) is 11.6 Å². The van der Waals surface area contributed by atoms with Gasteiger partial charge >= 0.3 is 6.18 Å². The van der Waals surface area contributed by atoms with Crippen LogP contribution in [0.3, 0.4) is 0 Å². The first-order chi connectivity index (χ1) is 11.2. The van der Waals surface area contributed by atoms with Crippen LogP contribution in [0.4, 0.5) is 18.9 Å². The summed E-state index contributed by atoms with van der Waals surface area (Å²) < 4.78 is 63.5. The topological polar surface area (TPSA) is 66.5 Å². The van der Waals surface area contributed by atoms with Crippen molar-refractivity contribution in [3.8, 4) is 0 Å². The Bertz CT molecular complexity index is 736. The third-order valence-corrected chi connectivity index (χ3v) is 5.09. The van der Waals surface area contributed by atoms with E-state index in [2.05, 4.69) is 5.32 Å². The van der Waals surface area contributed by atoms with Gasteiger partial charge in [-0.1, -0.05) is 25.4 Å². The second kappa shape index (κ2) is 7.82. The van der Waals surface area contributed by atoms with Gasteiger partial charge in [0, 0.05) is 6.04 Å². The summed E-state index contributed by atoms with van der Waals surface area (Å²) in [7, 11) is -3.98. The number of hydrogen-bond donors (Lipinski definition) is 1. The highest BCUT2D eigenvalue weighted by Crippen LogP contribution is 2.37. The Labute approximate surface area is 150 Å². The number of sulfonamides is 1. The second-order valence-corrected chi connectivity index (χ2v) is 8.35. The minimum atomic E-state index is -4.75. The molecule has 5 nitrogen and oxygen atoms in total. The van der Waals surface area contributed by atoms with Crippen LogP contribution in [0, 0.1) is 5.92 Å². The molecule has 1 N–H and O–H groups in total. The second-order valence-electron chi connectivity index (χ2n) is 6.03. The number of carbonyl (C=O) groups excluding carboxylic acids is 1.